The lowest BCUT2D eigenvalue weighted by Gasteiger charge is -2.01. The minimum absolute atomic E-state index is 0. The molecular formula is C21H17Br2FN2O. The molecule has 0 amide bonds. The Morgan fingerprint density at radius 3 is 2.70 bits per heavy atom. The molecule has 2 aromatic heterocycles. The summed E-state index contributed by atoms with van der Waals surface area (Å²) in [5, 5.41) is 0. The van der Waals surface area contributed by atoms with Crippen LogP contribution in [0.1, 0.15) is 18.1 Å². The molecule has 0 unspecified atom stereocenters. The fourth-order valence-corrected chi connectivity index (χ4v) is 3.48. The monoisotopic (exact) mass is 490 g/mol. The van der Waals surface area contributed by atoms with Gasteiger partial charge in [0.15, 0.2) is 24.5 Å². The van der Waals surface area contributed by atoms with Crippen LogP contribution in [0.4, 0.5) is 4.39 Å². The topological polar surface area (TPSA) is 29.9 Å². The molecule has 0 aliphatic heterocycles. The van der Waals surface area contributed by atoms with Gasteiger partial charge in [0, 0.05) is 5.56 Å². The highest BCUT2D eigenvalue weighted by atomic mass is 79.9. The van der Waals surface area contributed by atoms with Crippen molar-refractivity contribution in [1.82, 2.24) is 4.98 Å². The van der Waals surface area contributed by atoms with Gasteiger partial charge in [-0.05, 0) is 58.2 Å². The Hall–Kier alpha value is -2.05. The van der Waals surface area contributed by atoms with Crippen LogP contribution in [0.2, 0.25) is 0 Å². The van der Waals surface area contributed by atoms with Crippen molar-refractivity contribution in [3.8, 4) is 11.5 Å². The van der Waals surface area contributed by atoms with Gasteiger partial charge < -0.3 is 21.4 Å². The van der Waals surface area contributed by atoms with E-state index in [2.05, 4.69) is 40.0 Å². The molecule has 0 radical (unpaired) electrons. The lowest BCUT2D eigenvalue weighted by molar-refractivity contribution is -0.688. The standard InChI is InChI=1S/C21H17BrFN2O.BrH/c1-2-14-6-7-20-19(9-14)24-21(26-20)16-10-17(22)13-25(12-16)11-15-4-3-5-18(23)8-15;/h3-10,12-13H,2,11H2,1H3;1H/q+1;/p-1. The quantitative estimate of drug-likeness (QED) is 0.410. The molecule has 3 nitrogen and oxygen atoms in total. The Labute approximate surface area is 175 Å². The van der Waals surface area contributed by atoms with E-state index < -0.39 is 0 Å². The average molecular weight is 492 g/mol. The largest absolute Gasteiger partial charge is 1.00 e. The second kappa shape index (κ2) is 8.31. The third-order valence-electron chi connectivity index (χ3n) is 4.25. The normalized spacial score (nSPS) is 10.8. The number of aromatic nitrogens is 2. The van der Waals surface area contributed by atoms with Crippen LogP contribution in [0.25, 0.3) is 22.6 Å². The molecule has 0 bridgehead atoms. The number of pyridine rings is 1. The van der Waals surface area contributed by atoms with E-state index in [4.69, 9.17) is 4.42 Å². The number of nitrogens with zero attached hydrogens (tertiary/aromatic N) is 2. The zero-order valence-corrected chi connectivity index (χ0v) is 17.8. The van der Waals surface area contributed by atoms with Gasteiger partial charge in [0.05, 0.1) is 4.47 Å². The van der Waals surface area contributed by atoms with E-state index in [1.807, 2.05) is 35.2 Å². The zero-order chi connectivity index (χ0) is 18.1. The van der Waals surface area contributed by atoms with E-state index in [0.29, 0.717) is 12.4 Å². The third kappa shape index (κ3) is 4.45. The fourth-order valence-electron chi connectivity index (χ4n) is 2.97. The predicted molar refractivity (Wildman–Crippen MR) is 102 cm³/mol. The number of aryl methyl sites for hydroxylation is 1. The predicted octanol–water partition coefficient (Wildman–Crippen LogP) is 2.30. The van der Waals surface area contributed by atoms with Crippen LogP contribution < -0.4 is 21.5 Å². The first kappa shape index (κ1) is 19.7. The molecule has 0 aliphatic rings. The van der Waals surface area contributed by atoms with E-state index in [9.17, 15) is 4.39 Å². The van der Waals surface area contributed by atoms with Crippen molar-refractivity contribution in [2.24, 2.45) is 0 Å². The van der Waals surface area contributed by atoms with Gasteiger partial charge in [-0.1, -0.05) is 25.1 Å². The maximum atomic E-state index is 13.4. The van der Waals surface area contributed by atoms with Gasteiger partial charge in [0.1, 0.15) is 16.9 Å². The van der Waals surface area contributed by atoms with Crippen LogP contribution in [0.5, 0.6) is 0 Å². The maximum Gasteiger partial charge on any atom is 0.233 e. The van der Waals surface area contributed by atoms with Gasteiger partial charge >= 0.3 is 0 Å². The van der Waals surface area contributed by atoms with E-state index in [-0.39, 0.29) is 22.8 Å². The van der Waals surface area contributed by atoms with Crippen molar-refractivity contribution >= 4 is 27.0 Å². The molecule has 0 saturated heterocycles. The van der Waals surface area contributed by atoms with E-state index in [1.165, 1.54) is 11.6 Å². The first-order valence-electron chi connectivity index (χ1n) is 8.44. The number of benzene rings is 2. The van der Waals surface area contributed by atoms with Crippen LogP contribution in [0.15, 0.2) is 69.8 Å². The smallest absolute Gasteiger partial charge is 0.233 e. The third-order valence-corrected chi connectivity index (χ3v) is 4.68. The summed E-state index contributed by atoms with van der Waals surface area (Å²) in [5.41, 5.74) is 4.62. The van der Waals surface area contributed by atoms with Crippen molar-refractivity contribution in [3.63, 3.8) is 0 Å². The van der Waals surface area contributed by atoms with Crippen LogP contribution >= 0.6 is 15.9 Å². The molecule has 0 aliphatic carbocycles. The fraction of sp³-hybridized carbons (Fsp3) is 0.143. The SMILES string of the molecule is CCc1ccc2oc(-c3cc(Br)c[n+](Cc4cccc(F)c4)c3)nc2c1.[Br-]. The molecule has 0 saturated carbocycles. The molecule has 0 atom stereocenters. The Morgan fingerprint density at radius 1 is 1.07 bits per heavy atom. The lowest BCUT2D eigenvalue weighted by Crippen LogP contribution is -3.00. The first-order valence-corrected chi connectivity index (χ1v) is 9.24. The zero-order valence-electron chi connectivity index (χ0n) is 14.6. The van der Waals surface area contributed by atoms with Crippen molar-refractivity contribution < 1.29 is 30.4 Å². The molecule has 0 spiro atoms. The molecule has 138 valence electrons. The van der Waals surface area contributed by atoms with Gasteiger partial charge in [-0.2, -0.15) is 4.57 Å². The first-order chi connectivity index (χ1) is 12.6. The Bertz CT molecular complexity index is 1090. The summed E-state index contributed by atoms with van der Waals surface area (Å²) in [6, 6.07) is 14.7. The summed E-state index contributed by atoms with van der Waals surface area (Å²) in [7, 11) is 0. The molecule has 4 rings (SSSR count). The van der Waals surface area contributed by atoms with E-state index in [1.54, 1.807) is 12.1 Å². The molecule has 2 aromatic carbocycles. The Kier molecular flexibility index (Phi) is 6.07. The Morgan fingerprint density at radius 2 is 1.93 bits per heavy atom. The minimum Gasteiger partial charge on any atom is -1.00 e. The van der Waals surface area contributed by atoms with Gasteiger partial charge in [0.2, 0.25) is 5.89 Å². The molecule has 4 aromatic rings. The van der Waals surface area contributed by atoms with Crippen molar-refractivity contribution in [2.75, 3.05) is 0 Å². The highest BCUT2D eigenvalue weighted by molar-refractivity contribution is 9.10. The number of rotatable bonds is 4. The summed E-state index contributed by atoms with van der Waals surface area (Å²) in [6.45, 7) is 2.68. The van der Waals surface area contributed by atoms with Crippen molar-refractivity contribution in [2.45, 2.75) is 19.9 Å². The van der Waals surface area contributed by atoms with Crippen LogP contribution in [0.3, 0.4) is 0 Å². The van der Waals surface area contributed by atoms with Gasteiger partial charge in [0.25, 0.3) is 0 Å². The number of hydrogen-bond donors (Lipinski definition) is 0. The molecule has 0 fully saturated rings. The second-order valence-corrected chi connectivity index (χ2v) is 7.14. The maximum absolute atomic E-state index is 13.4. The van der Waals surface area contributed by atoms with Crippen molar-refractivity contribution in [3.05, 3.63) is 82.3 Å². The highest BCUT2D eigenvalue weighted by Gasteiger charge is 2.15. The molecular weight excluding hydrogens is 475 g/mol. The van der Waals surface area contributed by atoms with Gasteiger partial charge in [-0.25, -0.2) is 9.37 Å². The molecule has 0 N–H and O–H groups in total. The summed E-state index contributed by atoms with van der Waals surface area (Å²) in [6.07, 6.45) is 4.87. The number of halogens is 3. The van der Waals surface area contributed by atoms with Gasteiger partial charge in [-0.3, -0.25) is 0 Å². The summed E-state index contributed by atoms with van der Waals surface area (Å²) < 4.78 is 22.2. The number of hydrogen-bond acceptors (Lipinski definition) is 2. The average Bonchev–Trinajstić information content (AvgIpc) is 3.04. The molecule has 6 heteroatoms. The van der Waals surface area contributed by atoms with Gasteiger partial charge in [-0.15, -0.1) is 0 Å². The van der Waals surface area contributed by atoms with Crippen LogP contribution in [-0.2, 0) is 13.0 Å². The van der Waals surface area contributed by atoms with Crippen LogP contribution in [-0.4, -0.2) is 4.98 Å². The lowest BCUT2D eigenvalue weighted by atomic mass is 10.1. The molecule has 2 heterocycles. The van der Waals surface area contributed by atoms with E-state index in [0.717, 1.165) is 33.1 Å². The number of oxazole rings is 1. The van der Waals surface area contributed by atoms with Crippen molar-refractivity contribution in [1.29, 1.82) is 0 Å². The Balaban J connectivity index is 0.00000210. The summed E-state index contributed by atoms with van der Waals surface area (Å²) >= 11 is 3.54. The second-order valence-electron chi connectivity index (χ2n) is 6.22. The number of fused-ring (bicyclic) bond motifs is 1. The highest BCUT2D eigenvalue weighted by Crippen LogP contribution is 2.26. The summed E-state index contributed by atoms with van der Waals surface area (Å²) in [4.78, 5) is 4.63. The summed E-state index contributed by atoms with van der Waals surface area (Å²) in [5.74, 6) is 0.339. The minimum atomic E-state index is -0.232. The molecule has 27 heavy (non-hydrogen) atoms. The van der Waals surface area contributed by atoms with Crippen LogP contribution in [0, 0.1) is 5.82 Å². The van der Waals surface area contributed by atoms with E-state index >= 15 is 0 Å².